The van der Waals surface area contributed by atoms with Crippen molar-refractivity contribution in [2.24, 2.45) is 0 Å². The Balaban J connectivity index is 2.56. The van der Waals surface area contributed by atoms with Gasteiger partial charge < -0.3 is 11.1 Å². The van der Waals surface area contributed by atoms with E-state index < -0.39 is 10.8 Å². The van der Waals surface area contributed by atoms with Crippen molar-refractivity contribution in [3.05, 3.63) is 24.0 Å². The summed E-state index contributed by atoms with van der Waals surface area (Å²) in [5.74, 6) is -0.301. The van der Waals surface area contributed by atoms with Gasteiger partial charge in [0.25, 0.3) is 5.91 Å². The van der Waals surface area contributed by atoms with E-state index in [1.165, 1.54) is 12.3 Å². The lowest BCUT2D eigenvalue weighted by Crippen LogP contribution is -2.33. The summed E-state index contributed by atoms with van der Waals surface area (Å²) in [6.07, 6.45) is 3.08. The summed E-state index contributed by atoms with van der Waals surface area (Å²) in [6, 6.07) is 3.11. The smallest absolute Gasteiger partial charge is 0.269 e. The van der Waals surface area contributed by atoms with Gasteiger partial charge in [-0.2, -0.15) is 0 Å². The summed E-state index contributed by atoms with van der Waals surface area (Å²) in [6.45, 7) is 2.17. The molecule has 0 aromatic carbocycles. The van der Waals surface area contributed by atoms with Gasteiger partial charge in [0, 0.05) is 40.7 Å². The number of nitrogens with two attached hydrogens (primary N) is 1. The fourth-order valence-electron chi connectivity index (χ4n) is 1.02. The SMILES string of the molecule is CC(CNC(=O)c1cc(N)ccn1)S(C)=O. The Hall–Kier alpha value is -1.43. The minimum Gasteiger partial charge on any atom is -0.399 e. The van der Waals surface area contributed by atoms with Gasteiger partial charge in [-0.25, -0.2) is 0 Å². The summed E-state index contributed by atoms with van der Waals surface area (Å²) in [5, 5.41) is 2.58. The molecule has 1 aromatic rings. The van der Waals surface area contributed by atoms with Crippen molar-refractivity contribution in [1.29, 1.82) is 0 Å². The maximum absolute atomic E-state index is 11.6. The molecule has 0 spiro atoms. The summed E-state index contributed by atoms with van der Waals surface area (Å²) >= 11 is 0. The van der Waals surface area contributed by atoms with Crippen molar-refractivity contribution in [2.45, 2.75) is 12.2 Å². The molecule has 0 saturated carbocycles. The molecule has 3 N–H and O–H groups in total. The number of carbonyl (C=O) groups is 1. The molecule has 6 heteroatoms. The van der Waals surface area contributed by atoms with Gasteiger partial charge in [0.15, 0.2) is 0 Å². The van der Waals surface area contributed by atoms with E-state index in [1.807, 2.05) is 6.92 Å². The van der Waals surface area contributed by atoms with Crippen molar-refractivity contribution < 1.29 is 9.00 Å². The molecule has 5 nitrogen and oxygen atoms in total. The number of aromatic nitrogens is 1. The molecule has 88 valence electrons. The van der Waals surface area contributed by atoms with E-state index in [1.54, 1.807) is 12.3 Å². The second kappa shape index (κ2) is 5.60. The van der Waals surface area contributed by atoms with Crippen LogP contribution in [-0.2, 0) is 10.8 Å². The Labute approximate surface area is 96.9 Å². The van der Waals surface area contributed by atoms with Gasteiger partial charge in [-0.1, -0.05) is 0 Å². The predicted octanol–water partition coefficient (Wildman–Crippen LogP) is 0.161. The van der Waals surface area contributed by atoms with Crippen molar-refractivity contribution in [2.75, 3.05) is 18.5 Å². The number of anilines is 1. The van der Waals surface area contributed by atoms with Crippen LogP contribution in [0, 0.1) is 0 Å². The first-order valence-electron chi connectivity index (χ1n) is 4.82. The Morgan fingerprint density at radius 3 is 2.94 bits per heavy atom. The molecule has 0 aliphatic carbocycles. The fraction of sp³-hybridized carbons (Fsp3) is 0.400. The van der Waals surface area contributed by atoms with E-state index >= 15 is 0 Å². The molecule has 16 heavy (non-hydrogen) atoms. The van der Waals surface area contributed by atoms with Crippen LogP contribution in [0.3, 0.4) is 0 Å². The zero-order chi connectivity index (χ0) is 12.1. The lowest BCUT2D eigenvalue weighted by molar-refractivity contribution is 0.0949. The molecular weight excluding hydrogens is 226 g/mol. The van der Waals surface area contributed by atoms with E-state index in [2.05, 4.69) is 10.3 Å². The van der Waals surface area contributed by atoms with Gasteiger partial charge in [0.05, 0.1) is 0 Å². The highest BCUT2D eigenvalue weighted by molar-refractivity contribution is 7.84. The van der Waals surface area contributed by atoms with E-state index in [0.717, 1.165) is 0 Å². The number of carbonyl (C=O) groups excluding carboxylic acids is 1. The number of amides is 1. The Kier molecular flexibility index (Phi) is 4.42. The molecular formula is C10H15N3O2S. The van der Waals surface area contributed by atoms with Crippen LogP contribution in [0.5, 0.6) is 0 Å². The van der Waals surface area contributed by atoms with E-state index in [4.69, 9.17) is 5.73 Å². The number of hydrogen-bond acceptors (Lipinski definition) is 4. The highest BCUT2D eigenvalue weighted by atomic mass is 32.2. The Bertz CT molecular complexity index is 409. The summed E-state index contributed by atoms with van der Waals surface area (Å²) < 4.78 is 11.1. The standard InChI is InChI=1S/C10H15N3O2S/c1-7(16(2)15)6-13-10(14)9-5-8(11)3-4-12-9/h3-5,7H,6H2,1-2H3,(H2,11,12)(H,13,14). The highest BCUT2D eigenvalue weighted by Gasteiger charge is 2.10. The van der Waals surface area contributed by atoms with Gasteiger partial charge in [-0.05, 0) is 19.1 Å². The minimum absolute atomic E-state index is 0.0787. The van der Waals surface area contributed by atoms with Crippen LogP contribution >= 0.6 is 0 Å². The zero-order valence-corrected chi connectivity index (χ0v) is 10.1. The molecule has 2 atom stereocenters. The van der Waals surface area contributed by atoms with E-state index in [9.17, 15) is 9.00 Å². The second-order valence-electron chi connectivity index (χ2n) is 3.49. The zero-order valence-electron chi connectivity index (χ0n) is 9.27. The van der Waals surface area contributed by atoms with Crippen LogP contribution < -0.4 is 11.1 Å². The maximum atomic E-state index is 11.6. The monoisotopic (exact) mass is 241 g/mol. The summed E-state index contributed by atoms with van der Waals surface area (Å²) in [7, 11) is -0.947. The number of nitrogens with zero attached hydrogens (tertiary/aromatic N) is 1. The number of nitrogens with one attached hydrogen (secondary N) is 1. The van der Waals surface area contributed by atoms with Gasteiger partial charge in [0.1, 0.15) is 5.69 Å². The lowest BCUT2D eigenvalue weighted by atomic mass is 10.3. The molecule has 0 aliphatic rings. The van der Waals surface area contributed by atoms with Gasteiger partial charge >= 0.3 is 0 Å². The van der Waals surface area contributed by atoms with Crippen LogP contribution in [0.15, 0.2) is 18.3 Å². The van der Waals surface area contributed by atoms with Crippen LogP contribution in [0.2, 0.25) is 0 Å². The van der Waals surface area contributed by atoms with Crippen molar-refractivity contribution in [3.63, 3.8) is 0 Å². The molecule has 1 amide bonds. The number of pyridine rings is 1. The first-order chi connectivity index (χ1) is 7.50. The number of rotatable bonds is 4. The predicted molar refractivity (Wildman–Crippen MR) is 64.5 cm³/mol. The second-order valence-corrected chi connectivity index (χ2v) is 5.30. The molecule has 0 bridgehead atoms. The Morgan fingerprint density at radius 1 is 1.69 bits per heavy atom. The van der Waals surface area contributed by atoms with E-state index in [0.29, 0.717) is 12.2 Å². The summed E-state index contributed by atoms with van der Waals surface area (Å²) in [4.78, 5) is 15.5. The molecule has 0 saturated heterocycles. The average Bonchev–Trinajstić information content (AvgIpc) is 2.25. The normalized spacial score (nSPS) is 14.1. The lowest BCUT2D eigenvalue weighted by Gasteiger charge is -2.09. The Morgan fingerprint density at radius 2 is 2.38 bits per heavy atom. The quantitative estimate of drug-likeness (QED) is 0.786. The number of nitrogen functional groups attached to an aromatic ring is 1. The van der Waals surface area contributed by atoms with Crippen molar-refractivity contribution in [1.82, 2.24) is 10.3 Å². The molecule has 0 aliphatic heterocycles. The fourth-order valence-corrected chi connectivity index (χ4v) is 1.33. The molecule has 1 aromatic heterocycles. The van der Waals surface area contributed by atoms with Crippen molar-refractivity contribution >= 4 is 22.4 Å². The summed E-state index contributed by atoms with van der Waals surface area (Å²) in [5.41, 5.74) is 6.30. The topological polar surface area (TPSA) is 85.1 Å². The molecule has 2 unspecified atom stereocenters. The van der Waals surface area contributed by atoms with Gasteiger partial charge in [-0.15, -0.1) is 0 Å². The highest BCUT2D eigenvalue weighted by Crippen LogP contribution is 2.02. The molecule has 0 radical (unpaired) electrons. The van der Waals surface area contributed by atoms with Crippen molar-refractivity contribution in [3.8, 4) is 0 Å². The molecule has 0 fully saturated rings. The third kappa shape index (κ3) is 3.62. The van der Waals surface area contributed by atoms with Crippen LogP contribution in [-0.4, -0.2) is 33.2 Å². The average molecular weight is 241 g/mol. The number of hydrogen-bond donors (Lipinski definition) is 2. The van der Waals surface area contributed by atoms with Gasteiger partial charge in [-0.3, -0.25) is 14.0 Å². The van der Waals surface area contributed by atoms with Gasteiger partial charge in [0.2, 0.25) is 0 Å². The first-order valence-corrected chi connectivity index (χ1v) is 6.44. The largest absolute Gasteiger partial charge is 0.399 e. The molecule has 1 heterocycles. The molecule has 1 rings (SSSR count). The van der Waals surface area contributed by atoms with Crippen LogP contribution in [0.4, 0.5) is 5.69 Å². The van der Waals surface area contributed by atoms with Crippen LogP contribution in [0.25, 0.3) is 0 Å². The van der Waals surface area contributed by atoms with E-state index in [-0.39, 0.29) is 16.9 Å². The maximum Gasteiger partial charge on any atom is 0.269 e. The first kappa shape index (κ1) is 12.6. The minimum atomic E-state index is -0.947. The third-order valence-electron chi connectivity index (χ3n) is 2.13. The van der Waals surface area contributed by atoms with Crippen LogP contribution in [0.1, 0.15) is 17.4 Å². The third-order valence-corrected chi connectivity index (χ3v) is 3.43.